The van der Waals surface area contributed by atoms with Crippen LogP contribution < -0.4 is 0 Å². The summed E-state index contributed by atoms with van der Waals surface area (Å²) in [6, 6.07) is 0. The van der Waals surface area contributed by atoms with E-state index in [-0.39, 0.29) is 12.2 Å². The Kier molecular flexibility index (Phi) is 8.77. The maximum Gasteiger partial charge on any atom is 0.248 e. The summed E-state index contributed by atoms with van der Waals surface area (Å²) >= 11 is 6.81. The first-order chi connectivity index (χ1) is 7.29. The fraction of sp³-hybridized carbons (Fsp3) is 1.00. The van der Waals surface area contributed by atoms with E-state index in [1.807, 2.05) is 34.6 Å². The second-order valence-corrected chi connectivity index (χ2v) is 12.1. The van der Waals surface area contributed by atoms with Crippen molar-refractivity contribution >= 4 is 39.7 Å². The quantitative estimate of drug-likeness (QED) is 0.641. The minimum Gasteiger partial charge on any atom is -0.319 e. The molecule has 16 heavy (non-hydrogen) atoms. The molecule has 0 heterocycles. The van der Waals surface area contributed by atoms with Crippen molar-refractivity contribution in [3.63, 3.8) is 0 Å². The molecule has 0 saturated carbocycles. The minimum atomic E-state index is -2.34. The van der Waals surface area contributed by atoms with E-state index in [0.717, 1.165) is 0 Å². The molecule has 0 aromatic heterocycles. The van der Waals surface area contributed by atoms with Crippen LogP contribution in [0, 0.1) is 0 Å². The van der Waals surface area contributed by atoms with Crippen molar-refractivity contribution in [3.05, 3.63) is 0 Å². The lowest BCUT2D eigenvalue weighted by Crippen LogP contribution is -2.07. The fourth-order valence-corrected chi connectivity index (χ4v) is 9.48. The van der Waals surface area contributed by atoms with Gasteiger partial charge >= 0.3 is 0 Å². The Hall–Kier alpha value is 1.07. The lowest BCUT2D eigenvalue weighted by Gasteiger charge is -2.25. The lowest BCUT2D eigenvalue weighted by molar-refractivity contribution is 0.186. The van der Waals surface area contributed by atoms with Gasteiger partial charge in [0.05, 0.1) is 17.3 Å². The van der Waals surface area contributed by atoms with Crippen molar-refractivity contribution in [1.82, 2.24) is 0 Å². The molecule has 0 N–H and O–H groups in total. The van der Waals surface area contributed by atoms with Gasteiger partial charge in [-0.1, -0.05) is 18.3 Å². The Bertz CT molecular complexity index is 255. The molecule has 0 aromatic carbocycles. The molecule has 0 amide bonds. The van der Waals surface area contributed by atoms with Crippen molar-refractivity contribution < 1.29 is 13.3 Å². The van der Waals surface area contributed by atoms with Gasteiger partial charge in [-0.05, 0) is 39.5 Å². The van der Waals surface area contributed by atoms with Crippen molar-refractivity contribution in [2.24, 2.45) is 0 Å². The van der Waals surface area contributed by atoms with Crippen LogP contribution in [-0.4, -0.2) is 27.3 Å². The predicted octanol–water partition coefficient (Wildman–Crippen LogP) is 3.52. The molecule has 0 radical (unpaired) electrons. The van der Waals surface area contributed by atoms with E-state index >= 15 is 0 Å². The summed E-state index contributed by atoms with van der Waals surface area (Å²) in [5.41, 5.74) is -2.34. The molecule has 0 aliphatic carbocycles. The second kappa shape index (κ2) is 8.22. The first-order valence-corrected chi connectivity index (χ1v) is 11.0. The Morgan fingerprint density at radius 2 is 1.69 bits per heavy atom. The van der Waals surface area contributed by atoms with Crippen LogP contribution in [0.2, 0.25) is 0 Å². The molecule has 0 spiro atoms. The first kappa shape index (κ1) is 17.1. The summed E-state index contributed by atoms with van der Waals surface area (Å²) in [6.45, 7) is 9.63. The molecule has 1 unspecified atom stereocenters. The predicted molar refractivity (Wildman–Crippen MR) is 77.9 cm³/mol. The van der Waals surface area contributed by atoms with Gasteiger partial charge in [-0.25, -0.2) is 0 Å². The van der Waals surface area contributed by atoms with Gasteiger partial charge in [0, 0.05) is 16.6 Å². The van der Waals surface area contributed by atoms with Crippen molar-refractivity contribution in [2.75, 3.05) is 10.8 Å². The molecular formula is C9H21O3PS3. The van der Waals surface area contributed by atoms with Crippen LogP contribution in [0.25, 0.3) is 0 Å². The van der Waals surface area contributed by atoms with Crippen LogP contribution in [0.5, 0.6) is 0 Å². The van der Waals surface area contributed by atoms with E-state index in [9.17, 15) is 4.21 Å². The maximum absolute atomic E-state index is 11.4. The van der Waals surface area contributed by atoms with E-state index in [2.05, 4.69) is 0 Å². The summed E-state index contributed by atoms with van der Waals surface area (Å²) in [4.78, 5) is 0. The molecule has 0 rings (SSSR count). The molecule has 0 saturated heterocycles. The molecule has 0 aromatic rings. The highest BCUT2D eigenvalue weighted by Gasteiger charge is 2.24. The van der Waals surface area contributed by atoms with Gasteiger partial charge < -0.3 is 9.05 Å². The number of hydrogen-bond acceptors (Lipinski definition) is 5. The topological polar surface area (TPSA) is 35.5 Å². The molecule has 0 bridgehead atoms. The smallest absolute Gasteiger partial charge is 0.248 e. The van der Waals surface area contributed by atoms with Crippen LogP contribution in [0.3, 0.4) is 0 Å². The van der Waals surface area contributed by atoms with Crippen LogP contribution in [0.15, 0.2) is 0 Å². The Morgan fingerprint density at radius 3 is 2.00 bits per heavy atom. The van der Waals surface area contributed by atoms with E-state index in [1.165, 1.54) is 11.4 Å². The molecular weight excluding hydrogens is 283 g/mol. The van der Waals surface area contributed by atoms with Crippen molar-refractivity contribution in [1.29, 1.82) is 0 Å². The summed E-state index contributed by atoms with van der Waals surface area (Å²) in [5.74, 6) is 0.645. The molecule has 0 aliphatic heterocycles. The van der Waals surface area contributed by atoms with E-state index in [4.69, 9.17) is 20.9 Å². The summed E-state index contributed by atoms with van der Waals surface area (Å²) in [7, 11) is -0.839. The SMILES string of the molecule is CCS(=O)CSP(=S)(OC(C)C)OC(C)C. The standard InChI is InChI=1S/C9H21O3PS3/c1-6-16(10)7-15-13(14,11-8(2)3)12-9(4)5/h8-9H,6-7H2,1-5H3. The molecule has 98 valence electrons. The van der Waals surface area contributed by atoms with Gasteiger partial charge in [0.1, 0.15) is 0 Å². The second-order valence-electron chi connectivity index (χ2n) is 3.73. The summed E-state index contributed by atoms with van der Waals surface area (Å²) in [5, 5.41) is 0.493. The zero-order valence-corrected chi connectivity index (χ0v) is 13.8. The largest absolute Gasteiger partial charge is 0.319 e. The highest BCUT2D eigenvalue weighted by Crippen LogP contribution is 2.62. The van der Waals surface area contributed by atoms with Crippen LogP contribution in [-0.2, 0) is 31.7 Å². The normalized spacial score (nSPS) is 14.7. The van der Waals surface area contributed by atoms with Gasteiger partial charge in [0.15, 0.2) is 0 Å². The minimum absolute atomic E-state index is 0.0344. The lowest BCUT2D eigenvalue weighted by atomic mass is 10.5. The zero-order valence-electron chi connectivity index (χ0n) is 10.5. The maximum atomic E-state index is 11.4. The van der Waals surface area contributed by atoms with E-state index < -0.39 is 16.5 Å². The Labute approximate surface area is 110 Å². The van der Waals surface area contributed by atoms with Crippen LogP contribution in [0.4, 0.5) is 0 Å². The van der Waals surface area contributed by atoms with Crippen molar-refractivity contribution in [2.45, 2.75) is 46.8 Å². The fourth-order valence-electron chi connectivity index (χ4n) is 0.809. The molecule has 7 heteroatoms. The van der Waals surface area contributed by atoms with Gasteiger partial charge in [0.25, 0.3) is 0 Å². The third kappa shape index (κ3) is 8.20. The molecule has 0 aliphatic rings. The van der Waals surface area contributed by atoms with E-state index in [1.54, 1.807) is 0 Å². The van der Waals surface area contributed by atoms with Crippen LogP contribution in [0.1, 0.15) is 34.6 Å². The molecule has 0 fully saturated rings. The Morgan fingerprint density at radius 1 is 1.25 bits per heavy atom. The monoisotopic (exact) mass is 304 g/mol. The summed E-state index contributed by atoms with van der Waals surface area (Å²) in [6.07, 6.45) is 0.0688. The van der Waals surface area contributed by atoms with Crippen LogP contribution >= 0.6 is 17.1 Å². The highest BCUT2D eigenvalue weighted by atomic mass is 32.9. The van der Waals surface area contributed by atoms with Gasteiger partial charge in [-0.15, -0.1) is 0 Å². The van der Waals surface area contributed by atoms with Gasteiger partial charge in [0.2, 0.25) is 5.69 Å². The first-order valence-electron chi connectivity index (χ1n) is 5.25. The number of hydrogen-bond donors (Lipinski definition) is 0. The zero-order chi connectivity index (χ0) is 12.8. The molecule has 1 atom stereocenters. The third-order valence-electron chi connectivity index (χ3n) is 1.34. The van der Waals surface area contributed by atoms with Crippen molar-refractivity contribution in [3.8, 4) is 0 Å². The average molecular weight is 304 g/mol. The van der Waals surface area contributed by atoms with Gasteiger partial charge in [-0.3, -0.25) is 4.21 Å². The Balaban J connectivity index is 4.41. The summed E-state index contributed by atoms with van der Waals surface area (Å²) < 4.78 is 22.7. The van der Waals surface area contributed by atoms with E-state index in [0.29, 0.717) is 10.8 Å². The highest BCUT2D eigenvalue weighted by molar-refractivity contribution is 8.69. The molecule has 3 nitrogen and oxygen atoms in total. The average Bonchev–Trinajstić information content (AvgIpc) is 2.11. The number of rotatable bonds is 8. The van der Waals surface area contributed by atoms with Gasteiger partial charge in [-0.2, -0.15) is 0 Å². The third-order valence-corrected chi connectivity index (χ3v) is 9.02.